The van der Waals surface area contributed by atoms with Crippen LogP contribution in [0.1, 0.15) is 24.8 Å². The third-order valence-corrected chi connectivity index (χ3v) is 4.87. The van der Waals surface area contributed by atoms with Crippen LogP contribution in [0.25, 0.3) is 0 Å². The lowest BCUT2D eigenvalue weighted by Gasteiger charge is -2.15. The monoisotopic (exact) mass is 313 g/mol. The van der Waals surface area contributed by atoms with Crippen molar-refractivity contribution in [2.45, 2.75) is 19.3 Å². The van der Waals surface area contributed by atoms with E-state index in [1.807, 2.05) is 30.3 Å². The highest BCUT2D eigenvalue weighted by Gasteiger charge is 2.22. The topological polar surface area (TPSA) is 78.7 Å². The standard InChI is InChI=1S/C14H20NO5P/c1-12(11-21(18,19-2)20-3)9-14(10-15(16)17)13-7-5-4-6-8-13/h4-8,11,14H,9-10H2,1-3H3/b12-11+. The summed E-state index contributed by atoms with van der Waals surface area (Å²) in [5.74, 6) is 1.14. The van der Waals surface area contributed by atoms with Gasteiger partial charge in [0, 0.05) is 25.0 Å². The van der Waals surface area contributed by atoms with Crippen molar-refractivity contribution >= 4 is 7.60 Å². The average Bonchev–Trinajstić information content (AvgIpc) is 2.46. The van der Waals surface area contributed by atoms with Crippen molar-refractivity contribution < 1.29 is 18.5 Å². The summed E-state index contributed by atoms with van der Waals surface area (Å²) in [6.45, 7) is 1.58. The lowest BCUT2D eigenvalue weighted by molar-refractivity contribution is -0.483. The van der Waals surface area contributed by atoms with Crippen LogP contribution in [0.3, 0.4) is 0 Å². The zero-order valence-corrected chi connectivity index (χ0v) is 13.3. The average molecular weight is 313 g/mol. The fourth-order valence-electron chi connectivity index (χ4n) is 2.08. The molecular weight excluding hydrogens is 293 g/mol. The predicted octanol–water partition coefficient (Wildman–Crippen LogP) is 3.83. The zero-order valence-electron chi connectivity index (χ0n) is 12.4. The molecule has 116 valence electrons. The second kappa shape index (κ2) is 8.08. The Hall–Kier alpha value is -1.49. The fraction of sp³-hybridized carbons (Fsp3) is 0.429. The molecule has 0 N–H and O–H groups in total. The highest BCUT2D eigenvalue weighted by atomic mass is 31.2. The van der Waals surface area contributed by atoms with Gasteiger partial charge in [-0.05, 0) is 18.9 Å². The Labute approximate surface area is 124 Å². The molecule has 0 aliphatic heterocycles. The van der Waals surface area contributed by atoms with Crippen LogP contribution in [0.5, 0.6) is 0 Å². The number of hydrogen-bond acceptors (Lipinski definition) is 5. The smallest absolute Gasteiger partial charge is 0.309 e. The van der Waals surface area contributed by atoms with Crippen LogP contribution in [0.4, 0.5) is 0 Å². The first-order valence-corrected chi connectivity index (χ1v) is 8.07. The van der Waals surface area contributed by atoms with E-state index in [4.69, 9.17) is 9.05 Å². The van der Waals surface area contributed by atoms with Crippen molar-refractivity contribution in [2.75, 3.05) is 20.8 Å². The first-order valence-electron chi connectivity index (χ1n) is 6.46. The van der Waals surface area contributed by atoms with E-state index in [-0.39, 0.29) is 17.4 Å². The molecule has 1 aromatic rings. The number of nitrogens with zero attached hydrogens (tertiary/aromatic N) is 1. The van der Waals surface area contributed by atoms with Crippen LogP contribution in [-0.4, -0.2) is 25.7 Å². The Morgan fingerprint density at radius 1 is 1.33 bits per heavy atom. The van der Waals surface area contributed by atoms with Gasteiger partial charge in [-0.25, -0.2) is 0 Å². The Balaban J connectivity index is 2.94. The minimum atomic E-state index is -3.25. The molecule has 6 nitrogen and oxygen atoms in total. The quantitative estimate of drug-likeness (QED) is 0.414. The molecule has 0 saturated heterocycles. The number of nitro groups is 1. The highest BCUT2D eigenvalue weighted by molar-refractivity contribution is 7.57. The van der Waals surface area contributed by atoms with Crippen LogP contribution in [0.2, 0.25) is 0 Å². The molecule has 0 spiro atoms. The predicted molar refractivity (Wildman–Crippen MR) is 81.0 cm³/mol. The number of rotatable bonds is 8. The minimum absolute atomic E-state index is 0.181. The fourth-order valence-corrected chi connectivity index (χ4v) is 3.09. The molecule has 0 saturated carbocycles. The van der Waals surface area contributed by atoms with Gasteiger partial charge in [0.1, 0.15) is 0 Å². The Morgan fingerprint density at radius 2 is 1.90 bits per heavy atom. The van der Waals surface area contributed by atoms with Crippen LogP contribution < -0.4 is 0 Å². The number of benzene rings is 1. The van der Waals surface area contributed by atoms with Gasteiger partial charge in [0.15, 0.2) is 0 Å². The maximum atomic E-state index is 12.0. The van der Waals surface area contributed by atoms with Crippen molar-refractivity contribution in [2.24, 2.45) is 0 Å². The van der Waals surface area contributed by atoms with E-state index in [0.717, 1.165) is 11.1 Å². The van der Waals surface area contributed by atoms with E-state index < -0.39 is 7.60 Å². The Morgan fingerprint density at radius 3 is 2.38 bits per heavy atom. The van der Waals surface area contributed by atoms with E-state index >= 15 is 0 Å². The second-order valence-corrected chi connectivity index (χ2v) is 6.78. The highest BCUT2D eigenvalue weighted by Crippen LogP contribution is 2.49. The van der Waals surface area contributed by atoms with Gasteiger partial charge in [-0.3, -0.25) is 14.7 Å². The first-order chi connectivity index (χ1) is 9.90. The van der Waals surface area contributed by atoms with Gasteiger partial charge in [0.05, 0.1) is 5.92 Å². The lowest BCUT2D eigenvalue weighted by Crippen LogP contribution is -2.13. The van der Waals surface area contributed by atoms with Crippen molar-refractivity contribution in [1.29, 1.82) is 0 Å². The van der Waals surface area contributed by atoms with Crippen LogP contribution in [0.15, 0.2) is 41.7 Å². The Kier molecular flexibility index (Phi) is 6.75. The van der Waals surface area contributed by atoms with Crippen molar-refractivity contribution in [3.05, 3.63) is 57.4 Å². The van der Waals surface area contributed by atoms with Crippen LogP contribution in [0, 0.1) is 10.1 Å². The molecule has 1 aromatic carbocycles. The number of allylic oxidation sites excluding steroid dienone is 1. The molecule has 0 fully saturated rings. The van der Waals surface area contributed by atoms with Crippen LogP contribution >= 0.6 is 7.60 Å². The molecule has 0 heterocycles. The maximum absolute atomic E-state index is 12.0. The molecule has 0 aromatic heterocycles. The SMILES string of the molecule is COP(=O)(/C=C(\C)CC(C[N+](=O)[O-])c1ccccc1)OC. The third-order valence-electron chi connectivity index (χ3n) is 3.10. The van der Waals surface area contributed by atoms with Gasteiger partial charge < -0.3 is 9.05 Å². The molecule has 21 heavy (non-hydrogen) atoms. The maximum Gasteiger partial charge on any atom is 0.353 e. The molecule has 0 aliphatic rings. The molecule has 0 aliphatic carbocycles. The van der Waals surface area contributed by atoms with Gasteiger partial charge >= 0.3 is 7.60 Å². The molecule has 0 bridgehead atoms. The number of hydrogen-bond donors (Lipinski definition) is 0. The van der Waals surface area contributed by atoms with Gasteiger partial charge in [-0.2, -0.15) is 0 Å². The van der Waals surface area contributed by atoms with Gasteiger partial charge in [-0.1, -0.05) is 35.9 Å². The van der Waals surface area contributed by atoms with E-state index in [1.54, 1.807) is 6.92 Å². The molecule has 0 amide bonds. The van der Waals surface area contributed by atoms with E-state index in [9.17, 15) is 14.7 Å². The Bertz CT molecular complexity index is 536. The van der Waals surface area contributed by atoms with Gasteiger partial charge in [0.25, 0.3) is 0 Å². The van der Waals surface area contributed by atoms with E-state index in [2.05, 4.69) is 0 Å². The second-order valence-electron chi connectivity index (χ2n) is 4.71. The van der Waals surface area contributed by atoms with E-state index in [1.165, 1.54) is 20.0 Å². The minimum Gasteiger partial charge on any atom is -0.309 e. The molecule has 7 heteroatoms. The molecular formula is C14H20NO5P. The van der Waals surface area contributed by atoms with Crippen molar-refractivity contribution in [3.8, 4) is 0 Å². The van der Waals surface area contributed by atoms with Crippen LogP contribution in [-0.2, 0) is 13.6 Å². The summed E-state index contributed by atoms with van der Waals surface area (Å²) >= 11 is 0. The van der Waals surface area contributed by atoms with Crippen molar-refractivity contribution in [1.82, 2.24) is 0 Å². The molecule has 1 atom stereocenters. The zero-order chi connectivity index (χ0) is 15.9. The summed E-state index contributed by atoms with van der Waals surface area (Å²) in [5.41, 5.74) is 1.62. The summed E-state index contributed by atoms with van der Waals surface area (Å²) in [4.78, 5) is 10.5. The summed E-state index contributed by atoms with van der Waals surface area (Å²) in [5, 5.41) is 10.8. The van der Waals surface area contributed by atoms with Gasteiger partial charge in [0.2, 0.25) is 6.54 Å². The summed E-state index contributed by atoms with van der Waals surface area (Å²) in [7, 11) is -0.641. The summed E-state index contributed by atoms with van der Waals surface area (Å²) in [6, 6.07) is 9.26. The molecule has 0 radical (unpaired) electrons. The molecule has 1 rings (SSSR count). The normalized spacial score (nSPS) is 14.0. The van der Waals surface area contributed by atoms with E-state index in [0.29, 0.717) is 6.42 Å². The summed E-state index contributed by atoms with van der Waals surface area (Å²) in [6.07, 6.45) is 0.418. The first kappa shape index (κ1) is 17.6. The largest absolute Gasteiger partial charge is 0.353 e. The van der Waals surface area contributed by atoms with Crippen molar-refractivity contribution in [3.63, 3.8) is 0 Å². The third kappa shape index (κ3) is 5.79. The lowest BCUT2D eigenvalue weighted by atomic mass is 9.93. The summed E-state index contributed by atoms with van der Waals surface area (Å²) < 4.78 is 21.7. The van der Waals surface area contributed by atoms with Gasteiger partial charge in [-0.15, -0.1) is 0 Å². The molecule has 1 unspecified atom stereocenters.